The Kier molecular flexibility index (Phi) is 5.09. The van der Waals surface area contributed by atoms with Gasteiger partial charge in [-0.3, -0.25) is 9.59 Å². The van der Waals surface area contributed by atoms with E-state index in [0.29, 0.717) is 23.0 Å². The van der Waals surface area contributed by atoms with E-state index < -0.39 is 5.91 Å². The van der Waals surface area contributed by atoms with Crippen LogP contribution < -0.4 is 20.5 Å². The lowest BCUT2D eigenvalue weighted by molar-refractivity contribution is -0.120. The van der Waals surface area contributed by atoms with Gasteiger partial charge in [0.05, 0.1) is 19.0 Å². The van der Waals surface area contributed by atoms with Gasteiger partial charge < -0.3 is 20.5 Å². The molecular formula is C21H19FN4O4. The number of hydrogen-bond donors (Lipinski definition) is 2. The molecule has 0 aliphatic carbocycles. The van der Waals surface area contributed by atoms with E-state index in [2.05, 4.69) is 10.4 Å². The van der Waals surface area contributed by atoms with Crippen LogP contribution in [0.1, 0.15) is 23.5 Å². The number of hydrogen-bond acceptors (Lipinski definition) is 5. The summed E-state index contributed by atoms with van der Waals surface area (Å²) in [6, 6.07) is 11.1. The summed E-state index contributed by atoms with van der Waals surface area (Å²) < 4.78 is 25.6. The molecule has 9 heteroatoms. The zero-order valence-electron chi connectivity index (χ0n) is 16.1. The van der Waals surface area contributed by atoms with Crippen molar-refractivity contribution >= 4 is 17.6 Å². The van der Waals surface area contributed by atoms with Crippen molar-refractivity contribution in [3.8, 4) is 17.2 Å². The molecule has 3 N–H and O–H groups in total. The molecule has 0 saturated heterocycles. The number of nitrogens with one attached hydrogen (secondary N) is 1. The number of carbonyl (C=O) groups is 2. The highest BCUT2D eigenvalue weighted by molar-refractivity contribution is 5.94. The van der Waals surface area contributed by atoms with Crippen molar-refractivity contribution < 1.29 is 23.5 Å². The van der Waals surface area contributed by atoms with Gasteiger partial charge in [-0.15, -0.1) is 0 Å². The summed E-state index contributed by atoms with van der Waals surface area (Å²) in [4.78, 5) is 23.4. The first kappa shape index (κ1) is 19.4. The van der Waals surface area contributed by atoms with Crippen molar-refractivity contribution in [2.45, 2.75) is 12.3 Å². The normalized spacial score (nSPS) is 15.3. The van der Waals surface area contributed by atoms with Crippen molar-refractivity contribution in [1.29, 1.82) is 0 Å². The molecule has 0 saturated carbocycles. The van der Waals surface area contributed by atoms with E-state index in [4.69, 9.17) is 15.2 Å². The molecule has 154 valence electrons. The summed E-state index contributed by atoms with van der Waals surface area (Å²) in [5.41, 5.74) is 7.41. The highest BCUT2D eigenvalue weighted by atomic mass is 19.1. The van der Waals surface area contributed by atoms with Crippen LogP contribution in [0.4, 0.5) is 10.2 Å². The second kappa shape index (κ2) is 7.86. The summed E-state index contributed by atoms with van der Waals surface area (Å²) in [5.74, 6) is -0.0348. The predicted molar refractivity (Wildman–Crippen MR) is 106 cm³/mol. The number of aromatic nitrogens is 2. The predicted octanol–water partition coefficient (Wildman–Crippen LogP) is 2.36. The Bertz CT molecular complexity index is 1110. The first-order valence-corrected chi connectivity index (χ1v) is 9.19. The van der Waals surface area contributed by atoms with Crippen LogP contribution in [0.3, 0.4) is 0 Å². The van der Waals surface area contributed by atoms with Crippen LogP contribution in [-0.4, -0.2) is 35.3 Å². The largest absolute Gasteiger partial charge is 0.493 e. The first-order chi connectivity index (χ1) is 14.5. The molecule has 0 bridgehead atoms. The molecular weight excluding hydrogens is 391 g/mol. The Balaban J connectivity index is 1.71. The van der Waals surface area contributed by atoms with Crippen LogP contribution in [-0.2, 0) is 9.59 Å². The lowest BCUT2D eigenvalue weighted by Gasteiger charge is -2.24. The van der Waals surface area contributed by atoms with Crippen LogP contribution in [0.15, 0.2) is 48.7 Å². The number of rotatable bonds is 6. The van der Waals surface area contributed by atoms with Crippen molar-refractivity contribution in [2.75, 3.05) is 19.0 Å². The molecule has 0 radical (unpaired) electrons. The Morgan fingerprint density at radius 3 is 2.73 bits per heavy atom. The van der Waals surface area contributed by atoms with Crippen molar-refractivity contribution in [2.24, 2.45) is 5.73 Å². The lowest BCUT2D eigenvalue weighted by Crippen LogP contribution is -2.24. The highest BCUT2D eigenvalue weighted by Crippen LogP contribution is 2.40. The van der Waals surface area contributed by atoms with Crippen LogP contribution in [0.2, 0.25) is 0 Å². The molecule has 2 amide bonds. The van der Waals surface area contributed by atoms with Gasteiger partial charge in [0, 0.05) is 17.9 Å². The van der Waals surface area contributed by atoms with E-state index in [1.807, 2.05) is 0 Å². The molecule has 8 nitrogen and oxygen atoms in total. The van der Waals surface area contributed by atoms with Crippen LogP contribution in [0, 0.1) is 5.82 Å². The molecule has 1 aliphatic rings. The third-order valence-electron chi connectivity index (χ3n) is 4.85. The molecule has 0 fully saturated rings. The maximum Gasteiger partial charge on any atom is 0.255 e. The summed E-state index contributed by atoms with van der Waals surface area (Å²) in [5, 5.41) is 7.24. The van der Waals surface area contributed by atoms with Gasteiger partial charge in [0.25, 0.3) is 5.91 Å². The zero-order valence-corrected chi connectivity index (χ0v) is 16.1. The summed E-state index contributed by atoms with van der Waals surface area (Å²) in [6.45, 7) is -0.268. The van der Waals surface area contributed by atoms with Crippen LogP contribution in [0.25, 0.3) is 5.69 Å². The maximum absolute atomic E-state index is 13.3. The minimum Gasteiger partial charge on any atom is -0.493 e. The number of halogens is 1. The third kappa shape index (κ3) is 3.69. The minimum absolute atomic E-state index is 0.163. The van der Waals surface area contributed by atoms with Crippen molar-refractivity contribution in [3.63, 3.8) is 0 Å². The number of nitrogens with two attached hydrogens (primary N) is 1. The number of primary amides is 1. The minimum atomic E-state index is -0.595. The molecule has 3 aromatic rings. The standard InChI is InChI=1S/C21H19FN4O4/c1-29-18-8-12(2-7-17(18)30-11-19(23)27)15-9-20(28)25-21-16(15)10-24-26(21)14-5-3-13(22)4-6-14/h2-8,10,15H,9,11H2,1H3,(H2,23,27)(H,25,28). The number of nitrogens with zero attached hydrogens (tertiary/aromatic N) is 2. The average Bonchev–Trinajstić information content (AvgIpc) is 3.15. The zero-order chi connectivity index (χ0) is 21.3. The molecule has 2 heterocycles. The Morgan fingerprint density at radius 1 is 1.27 bits per heavy atom. The number of benzene rings is 2. The summed E-state index contributed by atoms with van der Waals surface area (Å²) >= 11 is 0. The lowest BCUT2D eigenvalue weighted by atomic mass is 9.87. The Labute approximate surface area is 171 Å². The number of carbonyl (C=O) groups excluding carboxylic acids is 2. The number of ether oxygens (including phenoxy) is 2. The topological polar surface area (TPSA) is 108 Å². The fraction of sp³-hybridized carbons (Fsp3) is 0.190. The summed E-state index contributed by atoms with van der Waals surface area (Å²) in [7, 11) is 1.49. The maximum atomic E-state index is 13.3. The highest BCUT2D eigenvalue weighted by Gasteiger charge is 2.31. The van der Waals surface area contributed by atoms with Crippen molar-refractivity contribution in [1.82, 2.24) is 9.78 Å². The smallest absolute Gasteiger partial charge is 0.255 e. The Hall–Kier alpha value is -3.88. The fourth-order valence-electron chi connectivity index (χ4n) is 3.46. The van der Waals surface area contributed by atoms with Gasteiger partial charge in [-0.2, -0.15) is 5.10 Å². The van der Waals surface area contributed by atoms with Gasteiger partial charge in [0.15, 0.2) is 18.1 Å². The monoisotopic (exact) mass is 410 g/mol. The second-order valence-electron chi connectivity index (χ2n) is 6.81. The van der Waals surface area contributed by atoms with Gasteiger partial charge in [-0.05, 0) is 42.0 Å². The van der Waals surface area contributed by atoms with Gasteiger partial charge in [-0.1, -0.05) is 6.07 Å². The van der Waals surface area contributed by atoms with Crippen molar-refractivity contribution in [3.05, 3.63) is 65.6 Å². The molecule has 1 aromatic heterocycles. The third-order valence-corrected chi connectivity index (χ3v) is 4.85. The summed E-state index contributed by atoms with van der Waals surface area (Å²) in [6.07, 6.45) is 1.92. The molecule has 4 rings (SSSR count). The van der Waals surface area contributed by atoms with E-state index in [1.165, 1.54) is 19.2 Å². The van der Waals surface area contributed by atoms with Crippen LogP contribution in [0.5, 0.6) is 11.5 Å². The second-order valence-corrected chi connectivity index (χ2v) is 6.81. The number of fused-ring (bicyclic) bond motifs is 1. The van der Waals surface area contributed by atoms with E-state index in [0.717, 1.165) is 11.1 Å². The molecule has 1 unspecified atom stereocenters. The first-order valence-electron chi connectivity index (χ1n) is 9.19. The van der Waals surface area contributed by atoms with E-state index in [1.54, 1.807) is 41.2 Å². The van der Waals surface area contributed by atoms with Gasteiger partial charge in [0.1, 0.15) is 11.6 Å². The van der Waals surface area contributed by atoms with Gasteiger partial charge in [0.2, 0.25) is 5.91 Å². The number of anilines is 1. The average molecular weight is 410 g/mol. The van der Waals surface area contributed by atoms with Crippen LogP contribution >= 0.6 is 0 Å². The fourth-order valence-corrected chi connectivity index (χ4v) is 3.46. The molecule has 1 aliphatic heterocycles. The van der Waals surface area contributed by atoms with E-state index in [9.17, 15) is 14.0 Å². The molecule has 30 heavy (non-hydrogen) atoms. The number of amides is 2. The van der Waals surface area contributed by atoms with E-state index >= 15 is 0 Å². The quantitative estimate of drug-likeness (QED) is 0.649. The van der Waals surface area contributed by atoms with Gasteiger partial charge >= 0.3 is 0 Å². The van der Waals surface area contributed by atoms with E-state index in [-0.39, 0.29) is 30.7 Å². The molecule has 2 aromatic carbocycles. The number of methoxy groups -OCH3 is 1. The van der Waals surface area contributed by atoms with Gasteiger partial charge in [-0.25, -0.2) is 9.07 Å². The SMILES string of the molecule is COc1cc(C2CC(=O)Nc3c2cnn3-c2ccc(F)cc2)ccc1OCC(N)=O. The Morgan fingerprint density at radius 2 is 2.03 bits per heavy atom. The molecule has 0 spiro atoms. The molecule has 1 atom stereocenters.